The molecule has 4 rings (SSSR count). The predicted molar refractivity (Wildman–Crippen MR) is 76.1 cm³/mol. The molecule has 2 aliphatic heterocycles. The summed E-state index contributed by atoms with van der Waals surface area (Å²) in [6.45, 7) is 0. The number of amidine groups is 1. The standard InChI is InChI=1S/C15H11N3O3/c1-21-8-2-3-12-10(6-8)13(19)14-17-11-7-16-5-4-9(11)15(20)18(12)14/h2-7,15,20H,1H3. The summed E-state index contributed by atoms with van der Waals surface area (Å²) in [4.78, 5) is 22.4. The smallest absolute Gasteiger partial charge is 0.230 e. The van der Waals surface area contributed by atoms with E-state index in [2.05, 4.69) is 9.98 Å². The van der Waals surface area contributed by atoms with Crippen LogP contribution in [0.15, 0.2) is 41.7 Å². The number of Topliss-reactive ketones (excluding diaryl/α,β-unsaturated/α-hetero) is 1. The lowest BCUT2D eigenvalue weighted by Crippen LogP contribution is -2.36. The Labute approximate surface area is 120 Å². The summed E-state index contributed by atoms with van der Waals surface area (Å²) >= 11 is 0. The van der Waals surface area contributed by atoms with Gasteiger partial charge in [-0.05, 0) is 24.3 Å². The van der Waals surface area contributed by atoms with Crippen LogP contribution in [0.4, 0.5) is 11.4 Å². The zero-order chi connectivity index (χ0) is 14.6. The zero-order valence-corrected chi connectivity index (χ0v) is 11.1. The van der Waals surface area contributed by atoms with Crippen molar-refractivity contribution in [2.45, 2.75) is 6.23 Å². The molecule has 0 saturated carbocycles. The van der Waals surface area contributed by atoms with Gasteiger partial charge >= 0.3 is 0 Å². The number of benzene rings is 1. The second-order valence-electron chi connectivity index (χ2n) is 4.83. The fourth-order valence-electron chi connectivity index (χ4n) is 2.69. The number of carbonyl (C=O) groups excluding carboxylic acids is 1. The average Bonchev–Trinajstić information content (AvgIpc) is 2.80. The van der Waals surface area contributed by atoms with Gasteiger partial charge < -0.3 is 9.84 Å². The van der Waals surface area contributed by atoms with Gasteiger partial charge in [0.1, 0.15) is 5.75 Å². The van der Waals surface area contributed by atoms with Crippen molar-refractivity contribution in [3.05, 3.63) is 47.8 Å². The number of hydrogen-bond acceptors (Lipinski definition) is 6. The minimum absolute atomic E-state index is 0.214. The molecule has 104 valence electrons. The van der Waals surface area contributed by atoms with E-state index in [-0.39, 0.29) is 11.6 Å². The maximum Gasteiger partial charge on any atom is 0.230 e. The first kappa shape index (κ1) is 12.0. The molecule has 0 fully saturated rings. The highest BCUT2D eigenvalue weighted by Crippen LogP contribution is 2.42. The monoisotopic (exact) mass is 281 g/mol. The number of aliphatic hydroxyl groups excluding tert-OH is 1. The normalized spacial score (nSPS) is 18.8. The number of aliphatic imine (C=N–C) groups is 1. The van der Waals surface area contributed by atoms with E-state index < -0.39 is 6.23 Å². The number of fused-ring (bicyclic) bond motifs is 4. The van der Waals surface area contributed by atoms with E-state index in [9.17, 15) is 9.90 Å². The predicted octanol–water partition coefficient (Wildman–Crippen LogP) is 1.83. The Morgan fingerprint density at radius 3 is 3.00 bits per heavy atom. The Morgan fingerprint density at radius 1 is 1.33 bits per heavy atom. The van der Waals surface area contributed by atoms with E-state index in [1.54, 1.807) is 48.7 Å². The molecule has 0 saturated heterocycles. The summed E-state index contributed by atoms with van der Waals surface area (Å²) < 4.78 is 5.15. The third-order valence-electron chi connectivity index (χ3n) is 3.72. The molecule has 0 amide bonds. The Morgan fingerprint density at radius 2 is 2.19 bits per heavy atom. The number of methoxy groups -OCH3 is 1. The number of anilines is 1. The number of ether oxygens (including phenoxy) is 1. The van der Waals surface area contributed by atoms with Crippen molar-refractivity contribution < 1.29 is 14.6 Å². The maximum atomic E-state index is 12.5. The largest absolute Gasteiger partial charge is 0.497 e. The Hall–Kier alpha value is -2.73. The summed E-state index contributed by atoms with van der Waals surface area (Å²) in [5.41, 5.74) is 2.26. The van der Waals surface area contributed by atoms with Crippen LogP contribution in [0, 0.1) is 0 Å². The number of hydrogen-bond donors (Lipinski definition) is 1. The topological polar surface area (TPSA) is 75.0 Å². The van der Waals surface area contributed by atoms with Gasteiger partial charge in [-0.25, -0.2) is 4.99 Å². The van der Waals surface area contributed by atoms with Gasteiger partial charge in [0.15, 0.2) is 12.1 Å². The first-order valence-corrected chi connectivity index (χ1v) is 6.43. The number of aliphatic hydroxyl groups is 1. The molecule has 0 radical (unpaired) electrons. The van der Waals surface area contributed by atoms with E-state index in [0.717, 1.165) is 0 Å². The molecule has 6 heteroatoms. The third kappa shape index (κ3) is 1.53. The van der Waals surface area contributed by atoms with Crippen molar-refractivity contribution in [1.82, 2.24) is 4.98 Å². The summed E-state index contributed by atoms with van der Waals surface area (Å²) in [6.07, 6.45) is 2.18. The van der Waals surface area contributed by atoms with Crippen LogP contribution in [0.1, 0.15) is 22.1 Å². The average molecular weight is 281 g/mol. The fourth-order valence-corrected chi connectivity index (χ4v) is 2.69. The Balaban J connectivity index is 1.93. The number of ketones is 1. The summed E-state index contributed by atoms with van der Waals surface area (Å²) in [6, 6.07) is 6.87. The molecule has 0 spiro atoms. The highest BCUT2D eigenvalue weighted by atomic mass is 16.5. The zero-order valence-electron chi connectivity index (χ0n) is 11.1. The van der Waals surface area contributed by atoms with Crippen molar-refractivity contribution in [2.24, 2.45) is 4.99 Å². The van der Waals surface area contributed by atoms with Gasteiger partial charge in [-0.15, -0.1) is 0 Å². The molecule has 1 N–H and O–H groups in total. The SMILES string of the molecule is COc1ccc2c(c1)C(=O)C1=Nc3cnccc3C(O)N12. The van der Waals surface area contributed by atoms with Crippen molar-refractivity contribution >= 4 is 23.0 Å². The summed E-state index contributed by atoms with van der Waals surface area (Å²) in [5, 5.41) is 10.6. The van der Waals surface area contributed by atoms with Crippen LogP contribution in [-0.2, 0) is 0 Å². The van der Waals surface area contributed by atoms with Gasteiger partial charge in [-0.3, -0.25) is 14.7 Å². The minimum atomic E-state index is -0.950. The number of aromatic nitrogens is 1. The second-order valence-corrected chi connectivity index (χ2v) is 4.83. The summed E-state index contributed by atoms with van der Waals surface area (Å²) in [5.74, 6) is 0.583. The number of carbonyl (C=O) groups is 1. The van der Waals surface area contributed by atoms with E-state index in [1.165, 1.54) is 0 Å². The van der Waals surface area contributed by atoms with Crippen LogP contribution in [-0.4, -0.2) is 28.8 Å². The van der Waals surface area contributed by atoms with Gasteiger partial charge in [0, 0.05) is 11.8 Å². The van der Waals surface area contributed by atoms with Gasteiger partial charge in [-0.2, -0.15) is 0 Å². The van der Waals surface area contributed by atoms with E-state index in [0.29, 0.717) is 28.3 Å². The van der Waals surface area contributed by atoms with Crippen molar-refractivity contribution in [2.75, 3.05) is 12.0 Å². The van der Waals surface area contributed by atoms with Crippen LogP contribution in [0.3, 0.4) is 0 Å². The molecule has 2 aromatic rings. The van der Waals surface area contributed by atoms with Crippen molar-refractivity contribution in [1.29, 1.82) is 0 Å². The molecule has 6 nitrogen and oxygen atoms in total. The van der Waals surface area contributed by atoms with E-state index in [1.807, 2.05) is 0 Å². The van der Waals surface area contributed by atoms with E-state index in [4.69, 9.17) is 4.74 Å². The van der Waals surface area contributed by atoms with Crippen molar-refractivity contribution in [3.8, 4) is 5.75 Å². The van der Waals surface area contributed by atoms with Gasteiger partial charge in [0.25, 0.3) is 0 Å². The van der Waals surface area contributed by atoms with Crippen LogP contribution in [0.2, 0.25) is 0 Å². The van der Waals surface area contributed by atoms with Crippen LogP contribution in [0.25, 0.3) is 0 Å². The first-order chi connectivity index (χ1) is 10.2. The molecular formula is C15H11N3O3. The molecule has 1 unspecified atom stereocenters. The molecule has 1 aromatic heterocycles. The molecule has 21 heavy (non-hydrogen) atoms. The second kappa shape index (κ2) is 4.13. The molecule has 0 aliphatic carbocycles. The highest BCUT2D eigenvalue weighted by Gasteiger charge is 2.41. The molecular weight excluding hydrogens is 270 g/mol. The van der Waals surface area contributed by atoms with Crippen molar-refractivity contribution in [3.63, 3.8) is 0 Å². The number of nitrogens with zero attached hydrogens (tertiary/aromatic N) is 3. The Bertz CT molecular complexity index is 801. The first-order valence-electron chi connectivity index (χ1n) is 6.43. The Kier molecular flexibility index (Phi) is 2.37. The molecule has 2 aliphatic rings. The molecule has 1 aromatic carbocycles. The molecule has 0 bridgehead atoms. The van der Waals surface area contributed by atoms with E-state index >= 15 is 0 Å². The maximum absolute atomic E-state index is 12.5. The lowest BCUT2D eigenvalue weighted by Gasteiger charge is -2.29. The highest BCUT2D eigenvalue weighted by molar-refractivity contribution is 6.55. The quantitative estimate of drug-likeness (QED) is 0.863. The lowest BCUT2D eigenvalue weighted by molar-refractivity contribution is 0.106. The molecule has 3 heterocycles. The van der Waals surface area contributed by atoms with Gasteiger partial charge in [-0.1, -0.05) is 0 Å². The fraction of sp³-hybridized carbons (Fsp3) is 0.133. The minimum Gasteiger partial charge on any atom is -0.497 e. The van der Waals surface area contributed by atoms with Gasteiger partial charge in [0.05, 0.1) is 30.2 Å². The van der Waals surface area contributed by atoms with Crippen LogP contribution >= 0.6 is 0 Å². The van der Waals surface area contributed by atoms with Crippen LogP contribution < -0.4 is 9.64 Å². The van der Waals surface area contributed by atoms with Gasteiger partial charge in [0.2, 0.25) is 5.78 Å². The lowest BCUT2D eigenvalue weighted by atomic mass is 10.1. The summed E-state index contributed by atoms with van der Waals surface area (Å²) in [7, 11) is 1.54. The molecule has 1 atom stereocenters. The third-order valence-corrected chi connectivity index (χ3v) is 3.72. The number of rotatable bonds is 1. The van der Waals surface area contributed by atoms with Crippen LogP contribution in [0.5, 0.6) is 5.75 Å². The number of pyridine rings is 1.